The number of benzene rings is 1. The van der Waals surface area contributed by atoms with Gasteiger partial charge in [-0.1, -0.05) is 45.0 Å². The molecule has 0 saturated carbocycles. The Labute approximate surface area is 159 Å². The van der Waals surface area contributed by atoms with Gasteiger partial charge in [-0.15, -0.1) is 0 Å². The van der Waals surface area contributed by atoms with E-state index in [1.54, 1.807) is 18.5 Å². The number of hydrogen-bond donors (Lipinski definition) is 2. The minimum Gasteiger partial charge on any atom is -0.355 e. The standard InChI is InChI=1S/C22H24N4O/c1-22(2,3)18-9-4-5-10-19(18)26-16-11-13-24-20(14-16)21(27)25-15-17-8-6-7-12-23-17/h4-14H,15H2,1-3H3,(H,24,26)(H,25,27). The van der Waals surface area contributed by atoms with Crippen LogP contribution in [-0.2, 0) is 12.0 Å². The zero-order valence-electron chi connectivity index (χ0n) is 15.9. The summed E-state index contributed by atoms with van der Waals surface area (Å²) in [4.78, 5) is 20.8. The van der Waals surface area contributed by atoms with Crippen LogP contribution in [0.25, 0.3) is 0 Å². The molecular weight excluding hydrogens is 336 g/mol. The molecule has 0 unspecified atom stereocenters. The number of carbonyl (C=O) groups is 1. The van der Waals surface area contributed by atoms with Gasteiger partial charge in [0.2, 0.25) is 0 Å². The van der Waals surface area contributed by atoms with Gasteiger partial charge in [0, 0.05) is 23.8 Å². The third-order valence-corrected chi connectivity index (χ3v) is 4.16. The first kappa shape index (κ1) is 18.6. The van der Waals surface area contributed by atoms with E-state index in [1.165, 1.54) is 5.56 Å². The highest BCUT2D eigenvalue weighted by Gasteiger charge is 2.17. The van der Waals surface area contributed by atoms with Crippen molar-refractivity contribution in [2.75, 3.05) is 5.32 Å². The number of rotatable bonds is 5. The second-order valence-electron chi connectivity index (χ2n) is 7.35. The van der Waals surface area contributed by atoms with E-state index in [-0.39, 0.29) is 11.3 Å². The number of amides is 1. The number of nitrogens with one attached hydrogen (secondary N) is 2. The smallest absolute Gasteiger partial charge is 0.270 e. The number of nitrogens with zero attached hydrogens (tertiary/aromatic N) is 2. The molecule has 3 aromatic rings. The molecule has 2 aromatic heterocycles. The molecule has 0 fully saturated rings. The predicted octanol–water partition coefficient (Wildman–Crippen LogP) is 4.45. The van der Waals surface area contributed by atoms with Crippen LogP contribution < -0.4 is 10.6 Å². The van der Waals surface area contributed by atoms with E-state index in [4.69, 9.17) is 0 Å². The monoisotopic (exact) mass is 360 g/mol. The van der Waals surface area contributed by atoms with Crippen LogP contribution in [0.15, 0.2) is 67.0 Å². The molecule has 0 atom stereocenters. The molecule has 0 aliphatic carbocycles. The summed E-state index contributed by atoms with van der Waals surface area (Å²) >= 11 is 0. The van der Waals surface area contributed by atoms with E-state index in [0.717, 1.165) is 17.1 Å². The van der Waals surface area contributed by atoms with E-state index < -0.39 is 0 Å². The van der Waals surface area contributed by atoms with Gasteiger partial charge in [0.1, 0.15) is 5.69 Å². The Kier molecular flexibility index (Phi) is 5.50. The molecule has 1 amide bonds. The highest BCUT2D eigenvalue weighted by Crippen LogP contribution is 2.31. The fourth-order valence-electron chi connectivity index (χ4n) is 2.80. The molecule has 0 bridgehead atoms. The number of hydrogen-bond acceptors (Lipinski definition) is 4. The predicted molar refractivity (Wildman–Crippen MR) is 108 cm³/mol. The Hall–Kier alpha value is -3.21. The summed E-state index contributed by atoms with van der Waals surface area (Å²) in [6, 6.07) is 17.4. The molecule has 27 heavy (non-hydrogen) atoms. The van der Waals surface area contributed by atoms with Crippen LogP contribution in [0, 0.1) is 0 Å². The van der Waals surface area contributed by atoms with Crippen molar-refractivity contribution in [1.29, 1.82) is 0 Å². The fourth-order valence-corrected chi connectivity index (χ4v) is 2.80. The first-order chi connectivity index (χ1) is 12.9. The number of carbonyl (C=O) groups excluding carboxylic acids is 1. The van der Waals surface area contributed by atoms with Crippen molar-refractivity contribution in [3.05, 3.63) is 83.9 Å². The molecule has 0 aliphatic heterocycles. The maximum atomic E-state index is 12.4. The number of pyridine rings is 2. The Balaban J connectivity index is 1.74. The molecule has 0 aliphatic rings. The quantitative estimate of drug-likeness (QED) is 0.705. The molecular formula is C22H24N4O. The first-order valence-corrected chi connectivity index (χ1v) is 8.94. The van der Waals surface area contributed by atoms with E-state index in [1.807, 2.05) is 42.5 Å². The molecule has 1 aromatic carbocycles. The normalized spacial score (nSPS) is 11.1. The number of anilines is 2. The van der Waals surface area contributed by atoms with E-state index in [2.05, 4.69) is 47.4 Å². The lowest BCUT2D eigenvalue weighted by Crippen LogP contribution is -2.24. The Bertz CT molecular complexity index is 917. The van der Waals surface area contributed by atoms with Gasteiger partial charge < -0.3 is 10.6 Å². The van der Waals surface area contributed by atoms with Crippen LogP contribution in [0.5, 0.6) is 0 Å². The molecule has 3 rings (SSSR count). The van der Waals surface area contributed by atoms with Crippen LogP contribution in [0.2, 0.25) is 0 Å². The maximum Gasteiger partial charge on any atom is 0.270 e. The van der Waals surface area contributed by atoms with Crippen molar-refractivity contribution in [3.63, 3.8) is 0 Å². The lowest BCUT2D eigenvalue weighted by atomic mass is 9.86. The zero-order valence-corrected chi connectivity index (χ0v) is 15.9. The van der Waals surface area contributed by atoms with Gasteiger partial charge in [0.05, 0.1) is 12.2 Å². The largest absolute Gasteiger partial charge is 0.355 e. The average molecular weight is 360 g/mol. The summed E-state index contributed by atoms with van der Waals surface area (Å²) in [7, 11) is 0. The molecule has 2 N–H and O–H groups in total. The number of para-hydroxylation sites is 1. The van der Waals surface area contributed by atoms with Crippen molar-refractivity contribution in [1.82, 2.24) is 15.3 Å². The van der Waals surface area contributed by atoms with E-state index in [9.17, 15) is 4.79 Å². The van der Waals surface area contributed by atoms with Gasteiger partial charge in [-0.25, -0.2) is 0 Å². The van der Waals surface area contributed by atoms with Crippen LogP contribution in [0.4, 0.5) is 11.4 Å². The first-order valence-electron chi connectivity index (χ1n) is 8.94. The molecule has 138 valence electrons. The summed E-state index contributed by atoms with van der Waals surface area (Å²) in [6.07, 6.45) is 3.34. The molecule has 2 heterocycles. The maximum absolute atomic E-state index is 12.4. The van der Waals surface area contributed by atoms with Gasteiger partial charge in [0.25, 0.3) is 5.91 Å². The Morgan fingerprint density at radius 3 is 2.48 bits per heavy atom. The van der Waals surface area contributed by atoms with Crippen LogP contribution in [0.1, 0.15) is 42.5 Å². The Morgan fingerprint density at radius 2 is 1.74 bits per heavy atom. The summed E-state index contributed by atoms with van der Waals surface area (Å²) in [6.45, 7) is 6.90. The number of aromatic nitrogens is 2. The molecule has 0 radical (unpaired) electrons. The highest BCUT2D eigenvalue weighted by atomic mass is 16.1. The zero-order chi connectivity index (χ0) is 19.3. The molecule has 5 nitrogen and oxygen atoms in total. The molecule has 5 heteroatoms. The Morgan fingerprint density at radius 1 is 0.963 bits per heavy atom. The summed E-state index contributed by atoms with van der Waals surface area (Å²) in [5.41, 5.74) is 4.24. The second-order valence-corrected chi connectivity index (χ2v) is 7.35. The summed E-state index contributed by atoms with van der Waals surface area (Å²) in [5.74, 6) is -0.228. The molecule has 0 saturated heterocycles. The fraction of sp³-hybridized carbons (Fsp3) is 0.227. The van der Waals surface area contributed by atoms with Crippen molar-refractivity contribution in [2.45, 2.75) is 32.7 Å². The lowest BCUT2D eigenvalue weighted by molar-refractivity contribution is 0.0945. The van der Waals surface area contributed by atoms with Gasteiger partial charge in [-0.2, -0.15) is 0 Å². The lowest BCUT2D eigenvalue weighted by Gasteiger charge is -2.23. The highest BCUT2D eigenvalue weighted by molar-refractivity contribution is 5.93. The van der Waals surface area contributed by atoms with Crippen molar-refractivity contribution in [3.8, 4) is 0 Å². The van der Waals surface area contributed by atoms with Gasteiger partial charge in [0.15, 0.2) is 0 Å². The minimum atomic E-state index is -0.228. The topological polar surface area (TPSA) is 66.9 Å². The summed E-state index contributed by atoms with van der Waals surface area (Å²) in [5, 5.41) is 6.27. The van der Waals surface area contributed by atoms with Crippen molar-refractivity contribution < 1.29 is 4.79 Å². The van der Waals surface area contributed by atoms with E-state index in [0.29, 0.717) is 12.2 Å². The van der Waals surface area contributed by atoms with Crippen molar-refractivity contribution in [2.24, 2.45) is 0 Å². The van der Waals surface area contributed by atoms with Crippen LogP contribution in [-0.4, -0.2) is 15.9 Å². The third-order valence-electron chi connectivity index (χ3n) is 4.16. The second kappa shape index (κ2) is 7.99. The van der Waals surface area contributed by atoms with Gasteiger partial charge in [-0.05, 0) is 41.3 Å². The van der Waals surface area contributed by atoms with Crippen molar-refractivity contribution >= 4 is 17.3 Å². The van der Waals surface area contributed by atoms with Crippen LogP contribution in [0.3, 0.4) is 0 Å². The average Bonchev–Trinajstić information content (AvgIpc) is 2.67. The van der Waals surface area contributed by atoms with Gasteiger partial charge >= 0.3 is 0 Å². The van der Waals surface area contributed by atoms with Gasteiger partial charge in [-0.3, -0.25) is 14.8 Å². The third kappa shape index (κ3) is 4.91. The minimum absolute atomic E-state index is 0.0134. The molecule has 0 spiro atoms. The van der Waals surface area contributed by atoms with Crippen LogP contribution >= 0.6 is 0 Å². The summed E-state index contributed by atoms with van der Waals surface area (Å²) < 4.78 is 0. The van der Waals surface area contributed by atoms with E-state index >= 15 is 0 Å². The SMILES string of the molecule is CC(C)(C)c1ccccc1Nc1ccnc(C(=O)NCc2ccccn2)c1.